The van der Waals surface area contributed by atoms with Gasteiger partial charge >= 0.3 is 6.18 Å². The van der Waals surface area contributed by atoms with Crippen LogP contribution < -0.4 is 15.4 Å². The van der Waals surface area contributed by atoms with E-state index >= 15 is 0 Å². The van der Waals surface area contributed by atoms with Gasteiger partial charge in [0.2, 0.25) is 0 Å². The van der Waals surface area contributed by atoms with Crippen LogP contribution in [-0.4, -0.2) is 44.8 Å². The second kappa shape index (κ2) is 13.7. The Labute approximate surface area is 195 Å². The molecule has 0 atom stereocenters. The van der Waals surface area contributed by atoms with Crippen molar-refractivity contribution in [2.75, 3.05) is 33.9 Å². The summed E-state index contributed by atoms with van der Waals surface area (Å²) in [5.74, 6) is 1.40. The van der Waals surface area contributed by atoms with Crippen molar-refractivity contribution in [2.45, 2.75) is 25.6 Å². The number of methoxy groups -OCH3 is 1. The van der Waals surface area contributed by atoms with E-state index < -0.39 is 11.9 Å². The van der Waals surface area contributed by atoms with Gasteiger partial charge in [-0.2, -0.15) is 13.2 Å². The van der Waals surface area contributed by atoms with Crippen molar-refractivity contribution in [3.05, 3.63) is 45.9 Å². The van der Waals surface area contributed by atoms with Crippen LogP contribution in [0.2, 0.25) is 0 Å². The molecule has 2 N–H and O–H groups in total. The van der Waals surface area contributed by atoms with E-state index in [2.05, 4.69) is 20.6 Å². The third-order valence-corrected chi connectivity index (χ3v) is 4.79. The number of benzene rings is 1. The molecule has 0 bridgehead atoms. The summed E-state index contributed by atoms with van der Waals surface area (Å²) in [5, 5.41) is 7.68. The SMILES string of the molecule is CN=C(NCCCOCc1ccc(OC)cc1)NCCc1nc(C(F)(F)F)cs1.I. The molecule has 1 aromatic heterocycles. The molecule has 11 heteroatoms. The molecule has 2 aromatic rings. The number of aromatic nitrogens is 1. The Balaban J connectivity index is 0.00000450. The fourth-order valence-electron chi connectivity index (χ4n) is 2.36. The van der Waals surface area contributed by atoms with Gasteiger partial charge in [0, 0.05) is 38.5 Å². The lowest BCUT2D eigenvalue weighted by molar-refractivity contribution is -0.140. The van der Waals surface area contributed by atoms with E-state index in [0.29, 0.717) is 43.7 Å². The first-order valence-electron chi connectivity index (χ1n) is 9.09. The summed E-state index contributed by atoms with van der Waals surface area (Å²) in [6, 6.07) is 7.71. The fourth-order valence-corrected chi connectivity index (χ4v) is 3.16. The summed E-state index contributed by atoms with van der Waals surface area (Å²) in [5.41, 5.74) is 0.238. The molecule has 2 rings (SSSR count). The molecule has 0 saturated heterocycles. The van der Waals surface area contributed by atoms with Crippen LogP contribution in [0.25, 0.3) is 0 Å². The average molecular weight is 558 g/mol. The largest absolute Gasteiger partial charge is 0.497 e. The quantitative estimate of drug-likeness (QED) is 0.199. The Hall–Kier alpha value is -1.60. The molecule has 1 aromatic carbocycles. The minimum absolute atomic E-state index is 0. The zero-order chi connectivity index (χ0) is 21.1. The third-order valence-electron chi connectivity index (χ3n) is 3.88. The number of halogens is 4. The summed E-state index contributed by atoms with van der Waals surface area (Å²) in [7, 11) is 3.27. The number of alkyl halides is 3. The molecule has 0 radical (unpaired) electrons. The second-order valence-corrected chi connectivity index (χ2v) is 7.00. The molecule has 0 amide bonds. The topological polar surface area (TPSA) is 67.8 Å². The highest BCUT2D eigenvalue weighted by Gasteiger charge is 2.33. The van der Waals surface area contributed by atoms with Gasteiger partial charge in [-0.1, -0.05) is 12.1 Å². The Bertz CT molecular complexity index is 770. The van der Waals surface area contributed by atoms with E-state index in [1.54, 1.807) is 14.2 Å². The second-order valence-electron chi connectivity index (χ2n) is 6.05. The van der Waals surface area contributed by atoms with Gasteiger partial charge in [0.1, 0.15) is 5.75 Å². The van der Waals surface area contributed by atoms with Crippen LogP contribution in [0, 0.1) is 0 Å². The van der Waals surface area contributed by atoms with E-state index in [1.807, 2.05) is 24.3 Å². The van der Waals surface area contributed by atoms with E-state index in [-0.39, 0.29) is 24.0 Å². The maximum absolute atomic E-state index is 12.5. The normalized spacial score (nSPS) is 11.7. The van der Waals surface area contributed by atoms with Crippen LogP contribution in [0.3, 0.4) is 0 Å². The monoisotopic (exact) mass is 558 g/mol. The highest BCUT2D eigenvalue weighted by Crippen LogP contribution is 2.29. The van der Waals surface area contributed by atoms with Gasteiger partial charge in [-0.15, -0.1) is 35.3 Å². The van der Waals surface area contributed by atoms with Crippen LogP contribution in [0.1, 0.15) is 22.7 Å². The van der Waals surface area contributed by atoms with Gasteiger partial charge in [0.25, 0.3) is 0 Å². The zero-order valence-electron chi connectivity index (χ0n) is 16.8. The van der Waals surface area contributed by atoms with E-state index in [1.165, 1.54) is 0 Å². The molecule has 0 unspecified atom stereocenters. The lowest BCUT2D eigenvalue weighted by atomic mass is 10.2. The smallest absolute Gasteiger partial charge is 0.434 e. The molecule has 30 heavy (non-hydrogen) atoms. The molecule has 0 fully saturated rings. The number of hydrogen-bond acceptors (Lipinski definition) is 5. The Kier molecular flexibility index (Phi) is 12.0. The Morgan fingerprint density at radius 3 is 2.47 bits per heavy atom. The summed E-state index contributed by atoms with van der Waals surface area (Å²) in [6.07, 6.45) is -3.21. The molecule has 0 spiro atoms. The van der Waals surface area contributed by atoms with E-state index in [4.69, 9.17) is 9.47 Å². The van der Waals surface area contributed by atoms with Crippen LogP contribution in [0.4, 0.5) is 13.2 Å². The number of nitrogens with zero attached hydrogens (tertiary/aromatic N) is 2. The standard InChI is InChI=1S/C19H25F3N4O2S.HI/c1-23-18(25-10-8-17-26-16(13-29-17)19(20,21)22)24-9-3-11-28-12-14-4-6-15(27-2)7-5-14;/h4-7,13H,3,8-12H2,1-2H3,(H2,23,24,25);1H. The molecule has 0 aliphatic heterocycles. The average Bonchev–Trinajstić information content (AvgIpc) is 3.19. The molecular formula is C19H26F3IN4O2S. The van der Waals surface area contributed by atoms with Crippen LogP contribution in [-0.2, 0) is 23.9 Å². The van der Waals surface area contributed by atoms with Gasteiger partial charge in [0.05, 0.1) is 18.7 Å². The molecular weight excluding hydrogens is 532 g/mol. The highest BCUT2D eigenvalue weighted by atomic mass is 127. The van der Waals surface area contributed by atoms with Crippen molar-refractivity contribution in [3.63, 3.8) is 0 Å². The van der Waals surface area contributed by atoms with Crippen molar-refractivity contribution in [2.24, 2.45) is 4.99 Å². The van der Waals surface area contributed by atoms with Gasteiger partial charge in [0.15, 0.2) is 11.7 Å². The number of nitrogens with one attached hydrogen (secondary N) is 2. The summed E-state index contributed by atoms with van der Waals surface area (Å²) < 4.78 is 48.4. The first-order chi connectivity index (χ1) is 13.9. The third kappa shape index (κ3) is 9.47. The summed E-state index contributed by atoms with van der Waals surface area (Å²) in [6.45, 7) is 2.23. The number of thiazole rings is 1. The molecule has 0 aliphatic carbocycles. The van der Waals surface area contributed by atoms with Crippen LogP contribution in [0.5, 0.6) is 5.75 Å². The van der Waals surface area contributed by atoms with Crippen LogP contribution in [0.15, 0.2) is 34.6 Å². The summed E-state index contributed by atoms with van der Waals surface area (Å²) >= 11 is 1.01. The number of aliphatic imine (C=N–C) groups is 1. The predicted molar refractivity (Wildman–Crippen MR) is 123 cm³/mol. The first kappa shape index (κ1) is 26.4. The Morgan fingerprint density at radius 2 is 1.87 bits per heavy atom. The number of ether oxygens (including phenoxy) is 2. The lowest BCUT2D eigenvalue weighted by Gasteiger charge is -2.11. The van der Waals surface area contributed by atoms with E-state index in [0.717, 1.165) is 34.5 Å². The molecule has 168 valence electrons. The van der Waals surface area contributed by atoms with Gasteiger partial charge in [-0.25, -0.2) is 4.98 Å². The highest BCUT2D eigenvalue weighted by molar-refractivity contribution is 14.0. The fraction of sp³-hybridized carbons (Fsp3) is 0.474. The Morgan fingerprint density at radius 1 is 1.17 bits per heavy atom. The van der Waals surface area contributed by atoms with Gasteiger partial charge in [-0.05, 0) is 24.1 Å². The summed E-state index contributed by atoms with van der Waals surface area (Å²) in [4.78, 5) is 7.69. The van der Waals surface area contributed by atoms with E-state index in [9.17, 15) is 13.2 Å². The van der Waals surface area contributed by atoms with Crippen molar-refractivity contribution in [3.8, 4) is 5.75 Å². The molecule has 0 saturated carbocycles. The molecule has 6 nitrogen and oxygen atoms in total. The minimum atomic E-state index is -4.39. The van der Waals surface area contributed by atoms with Crippen molar-refractivity contribution in [1.82, 2.24) is 15.6 Å². The minimum Gasteiger partial charge on any atom is -0.497 e. The number of guanidine groups is 1. The van der Waals surface area contributed by atoms with Gasteiger partial charge < -0.3 is 20.1 Å². The van der Waals surface area contributed by atoms with Gasteiger partial charge in [-0.3, -0.25) is 4.99 Å². The maximum atomic E-state index is 12.5. The maximum Gasteiger partial charge on any atom is 0.434 e. The predicted octanol–water partition coefficient (Wildman–Crippen LogP) is 4.10. The molecule has 1 heterocycles. The molecule has 0 aliphatic rings. The number of hydrogen-bond donors (Lipinski definition) is 2. The van der Waals surface area contributed by atoms with Crippen molar-refractivity contribution >= 4 is 41.3 Å². The number of rotatable bonds is 10. The lowest BCUT2D eigenvalue weighted by Crippen LogP contribution is -2.39. The first-order valence-corrected chi connectivity index (χ1v) is 9.97. The van der Waals surface area contributed by atoms with Crippen molar-refractivity contribution in [1.29, 1.82) is 0 Å². The van der Waals surface area contributed by atoms with Crippen LogP contribution >= 0.6 is 35.3 Å². The van der Waals surface area contributed by atoms with Crippen molar-refractivity contribution < 1.29 is 22.6 Å². The zero-order valence-corrected chi connectivity index (χ0v) is 19.9.